The van der Waals surface area contributed by atoms with Gasteiger partial charge < -0.3 is 26.2 Å². The van der Waals surface area contributed by atoms with Crippen LogP contribution in [-0.4, -0.2) is 89.6 Å². The molecule has 4 saturated carbocycles. The third-order valence-corrected chi connectivity index (χ3v) is 16.6. The molecule has 4 N–H and O–H groups in total. The van der Waals surface area contributed by atoms with E-state index in [1.165, 1.54) is 0 Å². The van der Waals surface area contributed by atoms with Crippen LogP contribution >= 0.6 is 0 Å². The molecular formula is C40H63N5O7S. The second-order valence-corrected chi connectivity index (χ2v) is 20.9. The van der Waals surface area contributed by atoms with Gasteiger partial charge in [0.2, 0.25) is 17.6 Å². The molecule has 53 heavy (non-hydrogen) atoms. The zero-order valence-electron chi connectivity index (χ0n) is 32.8. The molecule has 0 radical (unpaired) electrons. The first kappa shape index (κ1) is 41.0. The summed E-state index contributed by atoms with van der Waals surface area (Å²) in [5, 5.41) is 11.7. The van der Waals surface area contributed by atoms with Crippen molar-refractivity contribution in [2.75, 3.05) is 12.3 Å². The number of urea groups is 1. The number of carbonyl (C=O) groups is 5. The standard InChI is InChI=1S/C40H63N5O7S/c1-8-10-17-28(31(46)34(48)41-26-18-19-26)42-33(47)30-29-27(38(29,5)6)24-45(30)35(49)32(39(7)20-13-11-14-21-39)43-36(50)44-40(22-15-12-16-23-40)25-53(51,52)37(3,4)9-2/h1,26-30,32H,9-25H2,2-7H3,(H,41,48)(H,42,47)(H2,43,44,50)/t27?,28?,29-,30-,32+/m0/s1. The summed E-state index contributed by atoms with van der Waals surface area (Å²) >= 11 is 0. The summed E-state index contributed by atoms with van der Waals surface area (Å²) in [7, 11) is -3.59. The number of nitrogens with zero attached hydrogens (tertiary/aromatic N) is 1. The predicted molar refractivity (Wildman–Crippen MR) is 203 cm³/mol. The maximum atomic E-state index is 14.9. The summed E-state index contributed by atoms with van der Waals surface area (Å²) in [6, 6.07) is -3.61. The largest absolute Gasteiger partial charge is 0.347 e. The fourth-order valence-corrected chi connectivity index (χ4v) is 11.2. The molecule has 5 rings (SSSR count). The molecule has 1 aliphatic heterocycles. The lowest BCUT2D eigenvalue weighted by molar-refractivity contribution is -0.146. The van der Waals surface area contributed by atoms with E-state index in [0.717, 1.165) is 51.4 Å². The number of hydrogen-bond acceptors (Lipinski definition) is 7. The highest BCUT2D eigenvalue weighted by molar-refractivity contribution is 7.92. The Hall–Kier alpha value is -3.14. The highest BCUT2D eigenvalue weighted by atomic mass is 32.2. The predicted octanol–water partition coefficient (Wildman–Crippen LogP) is 4.16. The number of nitrogens with one attached hydrogen (secondary N) is 4. The van der Waals surface area contributed by atoms with Crippen molar-refractivity contribution in [3.63, 3.8) is 0 Å². The van der Waals surface area contributed by atoms with Gasteiger partial charge in [0.25, 0.3) is 5.91 Å². The number of terminal acetylenes is 1. The van der Waals surface area contributed by atoms with Crippen molar-refractivity contribution in [3.05, 3.63) is 0 Å². The van der Waals surface area contributed by atoms with Crippen molar-refractivity contribution in [2.24, 2.45) is 22.7 Å². The Morgan fingerprint density at radius 2 is 1.53 bits per heavy atom. The zero-order chi connectivity index (χ0) is 39.0. The lowest BCUT2D eigenvalue weighted by atomic mass is 9.70. The normalized spacial score (nSPS) is 26.9. The maximum Gasteiger partial charge on any atom is 0.315 e. The van der Waals surface area contributed by atoms with Crippen molar-refractivity contribution in [1.29, 1.82) is 0 Å². The molecule has 4 aliphatic carbocycles. The van der Waals surface area contributed by atoms with Gasteiger partial charge in [-0.05, 0) is 87.9 Å². The van der Waals surface area contributed by atoms with Crippen LogP contribution in [0.4, 0.5) is 4.79 Å². The van der Waals surface area contributed by atoms with Crippen molar-refractivity contribution >= 4 is 39.4 Å². The number of likely N-dealkylation sites (tertiary alicyclic amines) is 1. The fourth-order valence-electron chi connectivity index (χ4n) is 9.28. The summed E-state index contributed by atoms with van der Waals surface area (Å²) in [4.78, 5) is 70.9. The number of Topliss-reactive ketones (excluding diaryl/α,β-unsaturated/α-hetero) is 1. The van der Waals surface area contributed by atoms with E-state index in [1.54, 1.807) is 18.7 Å². The number of sulfone groups is 1. The van der Waals surface area contributed by atoms with E-state index in [-0.39, 0.29) is 47.8 Å². The molecule has 0 aromatic rings. The summed E-state index contributed by atoms with van der Waals surface area (Å²) in [5.41, 5.74) is -1.78. The SMILES string of the molecule is C#CCCC(NC(=O)[C@@H]1[C@@H]2C(CN1C(=O)[C@@H](NC(=O)NC1(CS(=O)(=O)C(C)(C)CC)CCCCC1)C1(C)CCCCC1)C2(C)C)C(=O)C(=O)NC1CC1. The van der Waals surface area contributed by atoms with Crippen LogP contribution in [-0.2, 0) is 29.0 Å². The summed E-state index contributed by atoms with van der Waals surface area (Å²) < 4.78 is 26.4. The molecular weight excluding hydrogens is 695 g/mol. The van der Waals surface area contributed by atoms with E-state index in [0.29, 0.717) is 38.6 Å². The quantitative estimate of drug-likeness (QED) is 0.144. The second kappa shape index (κ2) is 15.5. The van der Waals surface area contributed by atoms with Gasteiger partial charge >= 0.3 is 6.03 Å². The van der Waals surface area contributed by atoms with Crippen LogP contribution in [0.2, 0.25) is 0 Å². The fraction of sp³-hybridized carbons (Fsp3) is 0.825. The number of piperidine rings is 1. The van der Waals surface area contributed by atoms with Gasteiger partial charge in [-0.1, -0.05) is 66.2 Å². The molecule has 5 fully saturated rings. The van der Waals surface area contributed by atoms with Crippen molar-refractivity contribution < 1.29 is 32.4 Å². The molecule has 12 nitrogen and oxygen atoms in total. The van der Waals surface area contributed by atoms with Crippen molar-refractivity contribution in [3.8, 4) is 12.3 Å². The lowest BCUT2D eigenvalue weighted by Gasteiger charge is -2.44. The Kier molecular flexibility index (Phi) is 12.0. The first-order valence-electron chi connectivity index (χ1n) is 20.0. The molecule has 296 valence electrons. The minimum atomic E-state index is -3.59. The number of amides is 5. The average Bonchev–Trinajstić information content (AvgIpc) is 3.95. The minimum absolute atomic E-state index is 0.0326. The van der Waals surface area contributed by atoms with Crippen LogP contribution in [0.15, 0.2) is 0 Å². The molecule has 5 amide bonds. The Morgan fingerprint density at radius 3 is 2.09 bits per heavy atom. The van der Waals surface area contributed by atoms with E-state index in [2.05, 4.69) is 41.0 Å². The number of rotatable bonds is 15. The molecule has 1 saturated heterocycles. The summed E-state index contributed by atoms with van der Waals surface area (Å²) in [6.07, 6.45) is 15.6. The number of carbonyl (C=O) groups excluding carboxylic acids is 5. The van der Waals surface area contributed by atoms with Gasteiger partial charge in [-0.25, -0.2) is 13.2 Å². The van der Waals surface area contributed by atoms with Gasteiger partial charge in [0.15, 0.2) is 9.84 Å². The first-order valence-corrected chi connectivity index (χ1v) is 21.7. The van der Waals surface area contributed by atoms with Crippen molar-refractivity contribution in [2.45, 2.75) is 172 Å². The van der Waals surface area contributed by atoms with E-state index in [1.807, 2.05) is 13.8 Å². The summed E-state index contributed by atoms with van der Waals surface area (Å²) in [6.45, 7) is 11.8. The third kappa shape index (κ3) is 8.73. The topological polar surface area (TPSA) is 171 Å². The van der Waals surface area contributed by atoms with Crippen LogP contribution in [0.1, 0.15) is 138 Å². The van der Waals surface area contributed by atoms with Gasteiger partial charge in [0.05, 0.1) is 22.1 Å². The monoisotopic (exact) mass is 757 g/mol. The maximum absolute atomic E-state index is 14.9. The Labute approximate surface area is 316 Å². The Morgan fingerprint density at radius 1 is 0.925 bits per heavy atom. The third-order valence-electron chi connectivity index (χ3n) is 13.7. The van der Waals surface area contributed by atoms with Crippen LogP contribution in [0.5, 0.6) is 0 Å². The lowest BCUT2D eigenvalue weighted by Crippen LogP contribution is -2.65. The smallest absolute Gasteiger partial charge is 0.315 e. The average molecular weight is 758 g/mol. The molecule has 5 atom stereocenters. The van der Waals surface area contributed by atoms with E-state index in [9.17, 15) is 32.4 Å². The highest BCUT2D eigenvalue weighted by Crippen LogP contribution is 2.65. The van der Waals surface area contributed by atoms with E-state index in [4.69, 9.17) is 6.42 Å². The molecule has 1 heterocycles. The Bertz CT molecular complexity index is 1580. The van der Waals surface area contributed by atoms with E-state index >= 15 is 0 Å². The zero-order valence-corrected chi connectivity index (χ0v) is 33.6. The highest BCUT2D eigenvalue weighted by Gasteiger charge is 2.70. The number of hydrogen-bond donors (Lipinski definition) is 4. The molecule has 0 spiro atoms. The van der Waals surface area contributed by atoms with Crippen LogP contribution < -0.4 is 21.3 Å². The molecule has 0 aromatic heterocycles. The van der Waals surface area contributed by atoms with Crippen LogP contribution in [0.25, 0.3) is 0 Å². The molecule has 2 unspecified atom stereocenters. The van der Waals surface area contributed by atoms with Crippen LogP contribution in [0.3, 0.4) is 0 Å². The number of fused-ring (bicyclic) bond motifs is 1. The van der Waals surface area contributed by atoms with Gasteiger partial charge in [-0.15, -0.1) is 12.3 Å². The van der Waals surface area contributed by atoms with Gasteiger partial charge in [-0.2, -0.15) is 0 Å². The Balaban J connectivity index is 1.40. The molecule has 0 aromatic carbocycles. The van der Waals surface area contributed by atoms with Gasteiger partial charge in [0, 0.05) is 19.0 Å². The van der Waals surface area contributed by atoms with Gasteiger partial charge in [-0.3, -0.25) is 19.2 Å². The molecule has 0 bridgehead atoms. The molecule has 5 aliphatic rings. The van der Waals surface area contributed by atoms with Crippen molar-refractivity contribution in [1.82, 2.24) is 26.2 Å². The molecule has 13 heteroatoms. The van der Waals surface area contributed by atoms with Crippen LogP contribution in [0, 0.1) is 35.0 Å². The summed E-state index contributed by atoms with van der Waals surface area (Å²) in [5.74, 6) is -0.164. The minimum Gasteiger partial charge on any atom is -0.347 e. The number of ketones is 1. The van der Waals surface area contributed by atoms with Gasteiger partial charge in [0.1, 0.15) is 12.1 Å². The van der Waals surface area contributed by atoms with E-state index < -0.39 is 67.3 Å². The first-order chi connectivity index (χ1) is 24.8. The second-order valence-electron chi connectivity index (χ2n) is 18.3.